The Morgan fingerprint density at radius 2 is 1.94 bits per heavy atom. The SMILES string of the molecule is CCC[C@@H]1O[C@](C)(c2ccccc2)OC[C@H]1CC. The molecule has 1 aromatic rings. The van der Waals surface area contributed by atoms with Gasteiger partial charge >= 0.3 is 0 Å². The van der Waals surface area contributed by atoms with Crippen LogP contribution in [0.2, 0.25) is 0 Å². The fraction of sp³-hybridized carbons (Fsp3) is 0.625. The van der Waals surface area contributed by atoms with Crippen LogP contribution in [0.1, 0.15) is 45.6 Å². The Morgan fingerprint density at radius 1 is 1.22 bits per heavy atom. The number of benzene rings is 1. The van der Waals surface area contributed by atoms with E-state index in [1.165, 1.54) is 0 Å². The fourth-order valence-electron chi connectivity index (χ4n) is 2.64. The van der Waals surface area contributed by atoms with Crippen molar-refractivity contribution in [3.05, 3.63) is 35.9 Å². The van der Waals surface area contributed by atoms with Crippen LogP contribution in [0.3, 0.4) is 0 Å². The first-order chi connectivity index (χ1) is 8.69. The second-order valence-electron chi connectivity index (χ2n) is 5.24. The van der Waals surface area contributed by atoms with Crippen LogP contribution in [0.15, 0.2) is 30.3 Å². The average molecular weight is 248 g/mol. The minimum Gasteiger partial charge on any atom is -0.346 e. The fourth-order valence-corrected chi connectivity index (χ4v) is 2.64. The van der Waals surface area contributed by atoms with Gasteiger partial charge in [-0.3, -0.25) is 0 Å². The molecule has 1 fully saturated rings. The molecule has 0 N–H and O–H groups in total. The third-order valence-electron chi connectivity index (χ3n) is 3.87. The zero-order chi connectivity index (χ0) is 13.0. The van der Waals surface area contributed by atoms with Gasteiger partial charge in [-0.1, -0.05) is 50.6 Å². The first-order valence-corrected chi connectivity index (χ1v) is 7.07. The highest BCUT2D eigenvalue weighted by molar-refractivity contribution is 5.20. The molecule has 1 aliphatic heterocycles. The molecule has 0 spiro atoms. The zero-order valence-electron chi connectivity index (χ0n) is 11.7. The van der Waals surface area contributed by atoms with Crippen LogP contribution in [-0.2, 0) is 15.3 Å². The van der Waals surface area contributed by atoms with Crippen molar-refractivity contribution in [2.75, 3.05) is 6.61 Å². The van der Waals surface area contributed by atoms with Gasteiger partial charge in [-0.15, -0.1) is 0 Å². The Labute approximate surface area is 110 Å². The largest absolute Gasteiger partial charge is 0.346 e. The highest BCUT2D eigenvalue weighted by Gasteiger charge is 2.39. The van der Waals surface area contributed by atoms with Crippen molar-refractivity contribution >= 4 is 0 Å². The molecule has 18 heavy (non-hydrogen) atoms. The average Bonchev–Trinajstić information content (AvgIpc) is 2.41. The van der Waals surface area contributed by atoms with Crippen molar-refractivity contribution < 1.29 is 9.47 Å². The molecule has 3 atom stereocenters. The van der Waals surface area contributed by atoms with Gasteiger partial charge in [0.1, 0.15) is 0 Å². The molecule has 0 amide bonds. The predicted octanol–water partition coefficient (Wildman–Crippen LogP) is 4.10. The molecule has 2 heteroatoms. The molecular formula is C16H24O2. The normalized spacial score (nSPS) is 32.4. The molecule has 100 valence electrons. The smallest absolute Gasteiger partial charge is 0.192 e. The summed E-state index contributed by atoms with van der Waals surface area (Å²) in [6.45, 7) is 7.26. The van der Waals surface area contributed by atoms with Gasteiger partial charge in [0.15, 0.2) is 5.79 Å². The lowest BCUT2D eigenvalue weighted by atomic mass is 9.93. The molecule has 2 rings (SSSR count). The molecule has 1 aliphatic rings. The topological polar surface area (TPSA) is 18.5 Å². The van der Waals surface area contributed by atoms with E-state index in [-0.39, 0.29) is 0 Å². The van der Waals surface area contributed by atoms with Gasteiger partial charge in [-0.25, -0.2) is 0 Å². The molecule has 1 saturated heterocycles. The molecule has 0 unspecified atom stereocenters. The Balaban J connectivity index is 2.16. The highest BCUT2D eigenvalue weighted by atomic mass is 16.7. The van der Waals surface area contributed by atoms with E-state index in [1.807, 2.05) is 25.1 Å². The first-order valence-electron chi connectivity index (χ1n) is 7.07. The van der Waals surface area contributed by atoms with Crippen molar-refractivity contribution in [1.82, 2.24) is 0 Å². The summed E-state index contributed by atoms with van der Waals surface area (Å²) >= 11 is 0. The third-order valence-corrected chi connectivity index (χ3v) is 3.87. The zero-order valence-corrected chi connectivity index (χ0v) is 11.7. The monoisotopic (exact) mass is 248 g/mol. The molecule has 0 saturated carbocycles. The van der Waals surface area contributed by atoms with Crippen LogP contribution in [-0.4, -0.2) is 12.7 Å². The predicted molar refractivity (Wildman–Crippen MR) is 73.3 cm³/mol. The van der Waals surface area contributed by atoms with E-state index in [9.17, 15) is 0 Å². The Morgan fingerprint density at radius 3 is 2.56 bits per heavy atom. The van der Waals surface area contributed by atoms with E-state index < -0.39 is 5.79 Å². The summed E-state index contributed by atoms with van der Waals surface area (Å²) in [5.41, 5.74) is 1.11. The number of hydrogen-bond acceptors (Lipinski definition) is 2. The van der Waals surface area contributed by atoms with Crippen LogP contribution < -0.4 is 0 Å². The van der Waals surface area contributed by atoms with Gasteiger partial charge < -0.3 is 9.47 Å². The summed E-state index contributed by atoms with van der Waals surface area (Å²) in [4.78, 5) is 0. The standard InChI is InChI=1S/C16H24O2/c1-4-9-15-13(5-2)12-17-16(3,18-15)14-10-7-6-8-11-14/h6-8,10-11,13,15H,4-5,9,12H2,1-3H3/t13-,15+,16-/m1/s1. The van der Waals surface area contributed by atoms with Gasteiger partial charge in [-0.05, 0) is 19.8 Å². The molecule has 0 radical (unpaired) electrons. The number of hydrogen-bond donors (Lipinski definition) is 0. The minimum absolute atomic E-state index is 0.318. The molecule has 1 aromatic carbocycles. The molecule has 0 aliphatic carbocycles. The quantitative estimate of drug-likeness (QED) is 0.798. The van der Waals surface area contributed by atoms with Crippen molar-refractivity contribution in [1.29, 1.82) is 0 Å². The van der Waals surface area contributed by atoms with Gasteiger partial charge in [0.2, 0.25) is 0 Å². The second-order valence-corrected chi connectivity index (χ2v) is 5.24. The van der Waals surface area contributed by atoms with E-state index in [0.717, 1.165) is 31.4 Å². The lowest BCUT2D eigenvalue weighted by molar-refractivity contribution is -0.312. The maximum absolute atomic E-state index is 6.28. The van der Waals surface area contributed by atoms with Gasteiger partial charge in [0.25, 0.3) is 0 Å². The van der Waals surface area contributed by atoms with Crippen LogP contribution in [0.5, 0.6) is 0 Å². The van der Waals surface area contributed by atoms with E-state index in [0.29, 0.717) is 12.0 Å². The van der Waals surface area contributed by atoms with Crippen LogP contribution in [0, 0.1) is 5.92 Å². The number of ether oxygens (including phenoxy) is 2. The van der Waals surface area contributed by atoms with E-state index in [1.54, 1.807) is 0 Å². The molecule has 0 bridgehead atoms. The number of rotatable bonds is 4. The van der Waals surface area contributed by atoms with Crippen LogP contribution in [0.4, 0.5) is 0 Å². The molecule has 2 nitrogen and oxygen atoms in total. The first kappa shape index (κ1) is 13.6. The summed E-state index contributed by atoms with van der Waals surface area (Å²) in [6.07, 6.45) is 3.71. The van der Waals surface area contributed by atoms with E-state index in [4.69, 9.17) is 9.47 Å². The summed E-state index contributed by atoms with van der Waals surface area (Å²) in [5, 5.41) is 0. The van der Waals surface area contributed by atoms with Crippen LogP contribution in [0.25, 0.3) is 0 Å². The van der Waals surface area contributed by atoms with Crippen molar-refractivity contribution in [3.63, 3.8) is 0 Å². The van der Waals surface area contributed by atoms with E-state index >= 15 is 0 Å². The van der Waals surface area contributed by atoms with Gasteiger partial charge in [-0.2, -0.15) is 0 Å². The molecular weight excluding hydrogens is 224 g/mol. The molecule has 1 heterocycles. The van der Waals surface area contributed by atoms with Crippen molar-refractivity contribution in [3.8, 4) is 0 Å². The Hall–Kier alpha value is -0.860. The molecule has 0 aromatic heterocycles. The van der Waals surface area contributed by atoms with Crippen molar-refractivity contribution in [2.24, 2.45) is 5.92 Å². The Kier molecular flexibility index (Phi) is 4.41. The van der Waals surface area contributed by atoms with Gasteiger partial charge in [0, 0.05) is 11.5 Å². The highest BCUT2D eigenvalue weighted by Crippen LogP contribution is 2.37. The van der Waals surface area contributed by atoms with E-state index in [2.05, 4.69) is 26.0 Å². The van der Waals surface area contributed by atoms with Crippen molar-refractivity contribution in [2.45, 2.75) is 51.9 Å². The Bertz CT molecular complexity index is 363. The second kappa shape index (κ2) is 5.85. The lowest BCUT2D eigenvalue weighted by Gasteiger charge is -2.43. The summed E-state index contributed by atoms with van der Waals surface area (Å²) < 4.78 is 12.3. The van der Waals surface area contributed by atoms with Crippen LogP contribution >= 0.6 is 0 Å². The lowest BCUT2D eigenvalue weighted by Crippen LogP contribution is -2.45. The maximum atomic E-state index is 6.28. The summed E-state index contributed by atoms with van der Waals surface area (Å²) in [5.74, 6) is -0.0472. The summed E-state index contributed by atoms with van der Waals surface area (Å²) in [7, 11) is 0. The summed E-state index contributed by atoms with van der Waals surface area (Å²) in [6, 6.07) is 10.3. The third kappa shape index (κ3) is 2.76. The minimum atomic E-state index is -0.577. The van der Waals surface area contributed by atoms with Gasteiger partial charge in [0.05, 0.1) is 12.7 Å². The maximum Gasteiger partial charge on any atom is 0.192 e.